The van der Waals surface area contributed by atoms with Gasteiger partial charge in [-0.15, -0.1) is 0 Å². The molecule has 0 heterocycles. The summed E-state index contributed by atoms with van der Waals surface area (Å²) in [6, 6.07) is 9.90. The van der Waals surface area contributed by atoms with Crippen molar-refractivity contribution in [3.05, 3.63) is 63.7 Å². The van der Waals surface area contributed by atoms with Crippen LogP contribution in [0.4, 0.5) is 5.69 Å². The summed E-state index contributed by atoms with van der Waals surface area (Å²) in [4.78, 5) is 12.5. The maximum atomic E-state index is 12.5. The number of anilines is 1. The van der Waals surface area contributed by atoms with Crippen molar-refractivity contribution in [2.75, 3.05) is 17.1 Å². The van der Waals surface area contributed by atoms with Gasteiger partial charge < -0.3 is 5.32 Å². The number of nitrogens with one attached hydrogen (secondary N) is 1. The molecule has 0 aliphatic heterocycles. The molecule has 0 bridgehead atoms. The highest BCUT2D eigenvalue weighted by atomic mass is 32.2. The highest BCUT2D eigenvalue weighted by Gasteiger charge is 2.19. The fourth-order valence-electron chi connectivity index (χ4n) is 3.81. The molecular weight excluding hydrogens is 396 g/mol. The van der Waals surface area contributed by atoms with Crippen molar-refractivity contribution < 1.29 is 13.2 Å². The van der Waals surface area contributed by atoms with E-state index in [0.717, 1.165) is 22.3 Å². The summed E-state index contributed by atoms with van der Waals surface area (Å²) in [6.07, 6.45) is 1.92. The number of rotatable bonds is 8. The first-order chi connectivity index (χ1) is 13.9. The molecule has 0 fully saturated rings. The minimum atomic E-state index is -3.43. The molecule has 1 N–H and O–H groups in total. The molecule has 2 aromatic rings. The number of sulfonamides is 1. The maximum Gasteiger partial charge on any atom is 0.232 e. The molecule has 1 atom stereocenters. The smallest absolute Gasteiger partial charge is 0.232 e. The van der Waals surface area contributed by atoms with Gasteiger partial charge in [0, 0.05) is 13.0 Å². The second-order valence-corrected chi connectivity index (χ2v) is 10.3. The zero-order chi connectivity index (χ0) is 22.6. The van der Waals surface area contributed by atoms with Crippen molar-refractivity contribution in [2.45, 2.75) is 60.4 Å². The first-order valence-electron chi connectivity index (χ1n) is 10.3. The first kappa shape index (κ1) is 23.9. The van der Waals surface area contributed by atoms with E-state index >= 15 is 0 Å². The third kappa shape index (κ3) is 6.33. The Morgan fingerprint density at radius 3 is 2.07 bits per heavy atom. The van der Waals surface area contributed by atoms with Gasteiger partial charge >= 0.3 is 0 Å². The lowest BCUT2D eigenvalue weighted by atomic mass is 9.96. The van der Waals surface area contributed by atoms with Gasteiger partial charge in [0.2, 0.25) is 15.9 Å². The van der Waals surface area contributed by atoms with E-state index in [-0.39, 0.29) is 24.9 Å². The molecule has 2 rings (SSSR count). The van der Waals surface area contributed by atoms with Crippen LogP contribution >= 0.6 is 0 Å². The molecule has 2 aromatic carbocycles. The third-order valence-electron chi connectivity index (χ3n) is 5.39. The number of benzene rings is 2. The van der Waals surface area contributed by atoms with Gasteiger partial charge in [0.1, 0.15) is 0 Å². The number of hydrogen-bond acceptors (Lipinski definition) is 3. The van der Waals surface area contributed by atoms with Crippen LogP contribution in [-0.4, -0.2) is 27.1 Å². The van der Waals surface area contributed by atoms with Crippen LogP contribution in [0.2, 0.25) is 0 Å². The van der Waals surface area contributed by atoms with Crippen LogP contribution in [0.25, 0.3) is 0 Å². The molecule has 0 unspecified atom stereocenters. The lowest BCUT2D eigenvalue weighted by Crippen LogP contribution is -2.32. The van der Waals surface area contributed by atoms with Crippen molar-refractivity contribution in [3.8, 4) is 0 Å². The molecule has 164 valence electrons. The summed E-state index contributed by atoms with van der Waals surface area (Å²) < 4.78 is 26.0. The zero-order valence-electron chi connectivity index (χ0n) is 19.2. The zero-order valence-corrected chi connectivity index (χ0v) is 20.0. The molecule has 5 nitrogen and oxygen atoms in total. The summed E-state index contributed by atoms with van der Waals surface area (Å²) in [5.41, 5.74) is 7.37. The number of amides is 1. The topological polar surface area (TPSA) is 66.5 Å². The van der Waals surface area contributed by atoms with Gasteiger partial charge in [-0.2, -0.15) is 0 Å². The second-order valence-electron chi connectivity index (χ2n) is 8.37. The van der Waals surface area contributed by atoms with E-state index in [4.69, 9.17) is 0 Å². The molecule has 0 saturated carbocycles. The Hall–Kier alpha value is -2.34. The SMILES string of the molecule is Cc1cc(C)cc(N(CCCC(=O)N[C@H](C)c2cc(C)c(C)cc2C)S(C)(=O)=O)c1. The Kier molecular flexibility index (Phi) is 7.70. The summed E-state index contributed by atoms with van der Waals surface area (Å²) >= 11 is 0. The number of nitrogens with zero attached hydrogens (tertiary/aromatic N) is 1. The van der Waals surface area contributed by atoms with Crippen molar-refractivity contribution in [1.29, 1.82) is 0 Å². The van der Waals surface area contributed by atoms with E-state index in [1.54, 1.807) is 0 Å². The predicted octanol–water partition coefficient (Wildman–Crippen LogP) is 4.65. The van der Waals surface area contributed by atoms with Crippen molar-refractivity contribution in [2.24, 2.45) is 0 Å². The normalized spacial score (nSPS) is 12.5. The van der Waals surface area contributed by atoms with Gasteiger partial charge in [0.05, 0.1) is 18.0 Å². The molecule has 30 heavy (non-hydrogen) atoms. The fraction of sp³-hybridized carbons (Fsp3) is 0.458. The summed E-state index contributed by atoms with van der Waals surface area (Å²) in [5.74, 6) is -0.0750. The third-order valence-corrected chi connectivity index (χ3v) is 6.58. The van der Waals surface area contributed by atoms with Crippen LogP contribution < -0.4 is 9.62 Å². The average molecular weight is 431 g/mol. The average Bonchev–Trinajstić information content (AvgIpc) is 2.59. The Labute approximate surface area is 181 Å². The monoisotopic (exact) mass is 430 g/mol. The molecule has 1 amide bonds. The quantitative estimate of drug-likeness (QED) is 0.663. The van der Waals surface area contributed by atoms with Crippen LogP contribution in [0.1, 0.15) is 59.2 Å². The van der Waals surface area contributed by atoms with E-state index in [9.17, 15) is 13.2 Å². The highest BCUT2D eigenvalue weighted by molar-refractivity contribution is 7.92. The molecule has 0 aliphatic rings. The highest BCUT2D eigenvalue weighted by Crippen LogP contribution is 2.23. The summed E-state index contributed by atoms with van der Waals surface area (Å²) in [7, 11) is -3.43. The van der Waals surface area contributed by atoms with Crippen LogP contribution in [0.3, 0.4) is 0 Å². The second kappa shape index (κ2) is 9.65. The van der Waals surface area contributed by atoms with E-state index in [1.165, 1.54) is 21.7 Å². The van der Waals surface area contributed by atoms with Gasteiger partial charge in [-0.1, -0.05) is 18.2 Å². The maximum absolute atomic E-state index is 12.5. The van der Waals surface area contributed by atoms with Gasteiger partial charge in [0.15, 0.2) is 0 Å². The van der Waals surface area contributed by atoms with E-state index in [1.807, 2.05) is 39.0 Å². The number of carbonyl (C=O) groups excluding carboxylic acids is 1. The lowest BCUT2D eigenvalue weighted by molar-refractivity contribution is -0.121. The molecule has 0 radical (unpaired) electrons. The largest absolute Gasteiger partial charge is 0.350 e. The Morgan fingerprint density at radius 2 is 1.50 bits per heavy atom. The summed E-state index contributed by atoms with van der Waals surface area (Å²) in [5, 5.41) is 3.05. The molecule has 0 aromatic heterocycles. The molecule has 6 heteroatoms. The van der Waals surface area contributed by atoms with Crippen LogP contribution in [-0.2, 0) is 14.8 Å². The minimum Gasteiger partial charge on any atom is -0.350 e. The van der Waals surface area contributed by atoms with Gasteiger partial charge in [-0.05, 0) is 93.5 Å². The number of aryl methyl sites for hydroxylation is 5. The Balaban J connectivity index is 2.01. The lowest BCUT2D eigenvalue weighted by Gasteiger charge is -2.23. The molecule has 0 aliphatic carbocycles. The van der Waals surface area contributed by atoms with Crippen LogP contribution in [0.15, 0.2) is 30.3 Å². The fourth-order valence-corrected chi connectivity index (χ4v) is 4.75. The molecular formula is C24H34N2O3S. The standard InChI is InChI=1S/C24H34N2O3S/c1-16-11-17(2)13-22(12-16)26(30(7,28)29)10-8-9-24(27)25-21(6)23-15-19(4)18(3)14-20(23)5/h11-15,21H,8-10H2,1-7H3,(H,25,27)/t21-/m1/s1. The van der Waals surface area contributed by atoms with Gasteiger partial charge in [-0.25, -0.2) is 8.42 Å². The van der Waals surface area contributed by atoms with Crippen molar-refractivity contribution in [1.82, 2.24) is 5.32 Å². The Morgan fingerprint density at radius 1 is 0.933 bits per heavy atom. The summed E-state index contributed by atoms with van der Waals surface area (Å²) in [6.45, 7) is 12.3. The number of carbonyl (C=O) groups is 1. The first-order valence-corrected chi connectivity index (χ1v) is 12.2. The predicted molar refractivity (Wildman–Crippen MR) is 125 cm³/mol. The van der Waals surface area contributed by atoms with E-state index in [2.05, 4.69) is 38.2 Å². The molecule has 0 spiro atoms. The van der Waals surface area contributed by atoms with Crippen LogP contribution in [0.5, 0.6) is 0 Å². The van der Waals surface area contributed by atoms with Gasteiger partial charge in [-0.3, -0.25) is 9.10 Å². The van der Waals surface area contributed by atoms with E-state index < -0.39 is 10.0 Å². The number of hydrogen-bond donors (Lipinski definition) is 1. The van der Waals surface area contributed by atoms with Gasteiger partial charge in [0.25, 0.3) is 0 Å². The minimum absolute atomic E-state index is 0.0750. The van der Waals surface area contributed by atoms with Crippen LogP contribution in [0, 0.1) is 34.6 Å². The van der Waals surface area contributed by atoms with Crippen molar-refractivity contribution in [3.63, 3.8) is 0 Å². The van der Waals surface area contributed by atoms with Crippen molar-refractivity contribution >= 4 is 21.6 Å². The molecule has 0 saturated heterocycles. The Bertz CT molecular complexity index is 1010. The van der Waals surface area contributed by atoms with E-state index in [0.29, 0.717) is 12.1 Å².